The van der Waals surface area contributed by atoms with E-state index in [1.165, 1.54) is 82.6 Å². The van der Waals surface area contributed by atoms with E-state index >= 15 is 0 Å². The lowest BCUT2D eigenvalue weighted by atomic mass is 10.0. The Hall–Kier alpha value is -0.930. The van der Waals surface area contributed by atoms with Crippen LogP contribution in [0.25, 0.3) is 0 Å². The van der Waals surface area contributed by atoms with E-state index in [0.717, 1.165) is 19.6 Å². The summed E-state index contributed by atoms with van der Waals surface area (Å²) in [4.78, 5) is 4.17. The average Bonchev–Trinajstić information content (AvgIpc) is 2.64. The summed E-state index contributed by atoms with van der Waals surface area (Å²) in [7, 11) is 0. The van der Waals surface area contributed by atoms with Crippen LogP contribution in [0.5, 0.6) is 0 Å². The molecule has 1 saturated heterocycles. The van der Waals surface area contributed by atoms with Crippen molar-refractivity contribution in [1.82, 2.24) is 4.98 Å². The predicted octanol–water partition coefficient (Wildman–Crippen LogP) is 5.68. The van der Waals surface area contributed by atoms with Gasteiger partial charge in [-0.05, 0) is 50.2 Å². The fourth-order valence-corrected chi connectivity index (χ4v) is 3.27. The quantitative estimate of drug-likeness (QED) is 0.435. The van der Waals surface area contributed by atoms with Gasteiger partial charge in [0.25, 0.3) is 0 Å². The largest absolute Gasteiger partial charge is 0.353 e. The van der Waals surface area contributed by atoms with Crippen molar-refractivity contribution in [3.05, 3.63) is 30.1 Å². The third-order valence-electron chi connectivity index (χ3n) is 4.77. The summed E-state index contributed by atoms with van der Waals surface area (Å²) < 4.78 is 11.3. The molecule has 24 heavy (non-hydrogen) atoms. The number of hydrogen-bond donors (Lipinski definition) is 0. The highest BCUT2D eigenvalue weighted by molar-refractivity contribution is 5.08. The van der Waals surface area contributed by atoms with E-state index in [9.17, 15) is 0 Å². The number of ether oxygens (including phenoxy) is 2. The molecule has 0 saturated carbocycles. The number of unbranched alkanes of at least 4 members (excludes halogenated alkanes) is 8. The molecule has 1 aliphatic rings. The van der Waals surface area contributed by atoms with Gasteiger partial charge in [0.1, 0.15) is 0 Å². The van der Waals surface area contributed by atoms with Gasteiger partial charge in [-0.2, -0.15) is 0 Å². The van der Waals surface area contributed by atoms with Crippen LogP contribution in [0.2, 0.25) is 0 Å². The van der Waals surface area contributed by atoms with Crippen molar-refractivity contribution < 1.29 is 9.47 Å². The van der Waals surface area contributed by atoms with Gasteiger partial charge in [0.2, 0.25) is 0 Å². The summed E-state index contributed by atoms with van der Waals surface area (Å²) in [6, 6.07) is 4.21. The third-order valence-corrected chi connectivity index (χ3v) is 4.77. The van der Waals surface area contributed by atoms with Crippen molar-refractivity contribution in [3.8, 4) is 0 Å². The molecule has 0 radical (unpaired) electrons. The van der Waals surface area contributed by atoms with Gasteiger partial charge in [-0.25, -0.2) is 0 Å². The van der Waals surface area contributed by atoms with Gasteiger partial charge in [0.05, 0.1) is 0 Å². The van der Waals surface area contributed by atoms with Crippen molar-refractivity contribution in [3.63, 3.8) is 0 Å². The van der Waals surface area contributed by atoms with Crippen LogP contribution in [0.3, 0.4) is 0 Å². The molecular formula is C21H35NO2. The maximum atomic E-state index is 5.76. The van der Waals surface area contributed by atoms with Crippen LogP contribution in [0.4, 0.5) is 0 Å². The normalized spacial score (nSPS) is 17.9. The Kier molecular flexibility index (Phi) is 10.8. The first-order valence-electron chi connectivity index (χ1n) is 10.1. The molecule has 1 fully saturated rings. The van der Waals surface area contributed by atoms with E-state index in [1.807, 2.05) is 18.5 Å². The fourth-order valence-electron chi connectivity index (χ4n) is 3.27. The lowest BCUT2D eigenvalue weighted by Gasteiger charge is -2.22. The zero-order valence-electron chi connectivity index (χ0n) is 15.3. The number of aryl methyl sites for hydroxylation is 1. The minimum Gasteiger partial charge on any atom is -0.353 e. The van der Waals surface area contributed by atoms with Crippen LogP contribution in [0.1, 0.15) is 82.6 Å². The Morgan fingerprint density at radius 3 is 2.38 bits per heavy atom. The summed E-state index contributed by atoms with van der Waals surface area (Å²) in [5.74, 6) is 0. The Morgan fingerprint density at radius 2 is 1.71 bits per heavy atom. The maximum Gasteiger partial charge on any atom is 0.157 e. The summed E-state index contributed by atoms with van der Waals surface area (Å²) in [5.41, 5.74) is 1.37. The Labute approximate surface area is 148 Å². The molecule has 1 aliphatic heterocycles. The lowest BCUT2D eigenvalue weighted by molar-refractivity contribution is -0.162. The second kappa shape index (κ2) is 13.4. The second-order valence-electron chi connectivity index (χ2n) is 6.96. The molecule has 0 bridgehead atoms. The molecule has 3 heteroatoms. The van der Waals surface area contributed by atoms with Gasteiger partial charge >= 0.3 is 0 Å². The molecule has 0 aliphatic carbocycles. The smallest absolute Gasteiger partial charge is 0.157 e. The van der Waals surface area contributed by atoms with Crippen LogP contribution in [0, 0.1) is 0 Å². The molecule has 1 atom stereocenters. The minimum atomic E-state index is 0.0883. The first kappa shape index (κ1) is 19.4. The van der Waals surface area contributed by atoms with E-state index in [4.69, 9.17) is 9.47 Å². The summed E-state index contributed by atoms with van der Waals surface area (Å²) in [6.45, 7) is 1.76. The molecule has 0 spiro atoms. The highest BCUT2D eigenvalue weighted by Crippen LogP contribution is 2.15. The zero-order valence-corrected chi connectivity index (χ0v) is 15.3. The molecule has 1 unspecified atom stereocenters. The van der Waals surface area contributed by atoms with E-state index in [0.29, 0.717) is 0 Å². The standard InChI is InChI=1S/C21H35NO2/c1(2-4-6-8-13-20-14-12-16-22-19-20)3-5-7-10-17-23-21-15-9-11-18-24-21/h12,14,16,19,21H,1-11,13,15,17-18H2. The van der Waals surface area contributed by atoms with Crippen LogP contribution in [0.15, 0.2) is 24.5 Å². The van der Waals surface area contributed by atoms with Crippen molar-refractivity contribution in [2.24, 2.45) is 0 Å². The topological polar surface area (TPSA) is 31.4 Å². The molecule has 1 aromatic rings. The molecule has 2 heterocycles. The van der Waals surface area contributed by atoms with Gasteiger partial charge in [0, 0.05) is 25.6 Å². The molecule has 3 nitrogen and oxygen atoms in total. The van der Waals surface area contributed by atoms with Gasteiger partial charge in [-0.3, -0.25) is 4.98 Å². The van der Waals surface area contributed by atoms with E-state index < -0.39 is 0 Å². The Balaban J connectivity index is 1.28. The van der Waals surface area contributed by atoms with Gasteiger partial charge in [-0.15, -0.1) is 0 Å². The minimum absolute atomic E-state index is 0.0883. The monoisotopic (exact) mass is 333 g/mol. The highest BCUT2D eigenvalue weighted by Gasteiger charge is 2.13. The number of hydrogen-bond acceptors (Lipinski definition) is 3. The summed E-state index contributed by atoms with van der Waals surface area (Å²) in [5, 5.41) is 0. The highest BCUT2D eigenvalue weighted by atomic mass is 16.7. The first-order chi connectivity index (χ1) is 11.9. The van der Waals surface area contributed by atoms with Crippen molar-refractivity contribution in [2.45, 2.75) is 89.8 Å². The van der Waals surface area contributed by atoms with Gasteiger partial charge < -0.3 is 9.47 Å². The molecular weight excluding hydrogens is 298 g/mol. The molecule has 2 rings (SSSR count). The first-order valence-corrected chi connectivity index (χ1v) is 10.1. The lowest BCUT2D eigenvalue weighted by Crippen LogP contribution is -2.22. The van der Waals surface area contributed by atoms with Gasteiger partial charge in [-0.1, -0.05) is 51.0 Å². The van der Waals surface area contributed by atoms with Crippen LogP contribution >= 0.6 is 0 Å². The molecule has 1 aromatic heterocycles. The van der Waals surface area contributed by atoms with Gasteiger partial charge in [0.15, 0.2) is 6.29 Å². The number of nitrogens with zero attached hydrogens (tertiary/aromatic N) is 1. The maximum absolute atomic E-state index is 5.76. The van der Waals surface area contributed by atoms with E-state index in [1.54, 1.807) is 0 Å². The van der Waals surface area contributed by atoms with Crippen LogP contribution in [-0.2, 0) is 15.9 Å². The molecule has 0 amide bonds. The van der Waals surface area contributed by atoms with Crippen molar-refractivity contribution in [1.29, 1.82) is 0 Å². The number of rotatable bonds is 13. The third kappa shape index (κ3) is 9.39. The number of aromatic nitrogens is 1. The SMILES string of the molecule is c1cncc(CCCCCCCCCCCOC2CCCCO2)c1. The zero-order chi connectivity index (χ0) is 16.7. The molecule has 136 valence electrons. The van der Waals surface area contributed by atoms with Crippen LogP contribution in [-0.4, -0.2) is 24.5 Å². The van der Waals surface area contributed by atoms with E-state index in [2.05, 4.69) is 11.1 Å². The summed E-state index contributed by atoms with van der Waals surface area (Å²) in [6.07, 6.45) is 20.7. The molecule has 0 N–H and O–H groups in total. The number of pyridine rings is 1. The average molecular weight is 334 g/mol. The van der Waals surface area contributed by atoms with E-state index in [-0.39, 0.29) is 6.29 Å². The summed E-state index contributed by atoms with van der Waals surface area (Å²) >= 11 is 0. The fraction of sp³-hybridized carbons (Fsp3) is 0.762. The second-order valence-corrected chi connectivity index (χ2v) is 6.96. The van der Waals surface area contributed by atoms with Crippen molar-refractivity contribution >= 4 is 0 Å². The molecule has 0 aromatic carbocycles. The predicted molar refractivity (Wildman–Crippen MR) is 99.0 cm³/mol. The Morgan fingerprint density at radius 1 is 0.958 bits per heavy atom. The van der Waals surface area contributed by atoms with Crippen LogP contribution < -0.4 is 0 Å². The Bertz CT molecular complexity index is 390. The van der Waals surface area contributed by atoms with Crippen molar-refractivity contribution in [2.75, 3.05) is 13.2 Å².